The molecule has 0 unspecified atom stereocenters. The van der Waals surface area contributed by atoms with Gasteiger partial charge in [-0.2, -0.15) is 0 Å². The van der Waals surface area contributed by atoms with Crippen molar-refractivity contribution in [2.75, 3.05) is 17.6 Å². The molecule has 2 aromatic rings. The number of nitrogens with one attached hydrogen (secondary N) is 1. The predicted molar refractivity (Wildman–Crippen MR) is 89.8 cm³/mol. The van der Waals surface area contributed by atoms with E-state index in [0.29, 0.717) is 18.8 Å². The second kappa shape index (κ2) is 7.78. The lowest BCUT2D eigenvalue weighted by atomic mass is 10.2. The molecule has 0 aliphatic heterocycles. The lowest BCUT2D eigenvalue weighted by Crippen LogP contribution is -2.12. The van der Waals surface area contributed by atoms with Crippen LogP contribution in [0.25, 0.3) is 0 Å². The number of esters is 1. The van der Waals surface area contributed by atoms with Gasteiger partial charge >= 0.3 is 5.97 Å². The first-order chi connectivity index (χ1) is 11.4. The van der Waals surface area contributed by atoms with Gasteiger partial charge in [0.1, 0.15) is 5.75 Å². The average Bonchev–Trinajstić information content (AvgIpc) is 2.54. The summed E-state index contributed by atoms with van der Waals surface area (Å²) in [5.41, 5.74) is 0.375. The summed E-state index contributed by atoms with van der Waals surface area (Å²) in [6, 6.07) is 7.76. The molecule has 0 atom stereocenters. The molecule has 1 aromatic heterocycles. The van der Waals surface area contributed by atoms with Gasteiger partial charge in [0.2, 0.25) is 10.0 Å². The number of pyridine rings is 1. The van der Waals surface area contributed by atoms with Gasteiger partial charge in [0.05, 0.1) is 30.3 Å². The second-order valence-corrected chi connectivity index (χ2v) is 6.76. The minimum atomic E-state index is -3.55. The van der Waals surface area contributed by atoms with Crippen molar-refractivity contribution >= 4 is 21.7 Å². The van der Waals surface area contributed by atoms with E-state index in [2.05, 4.69) is 9.71 Å². The van der Waals surface area contributed by atoms with Crippen LogP contribution >= 0.6 is 0 Å². The van der Waals surface area contributed by atoms with E-state index >= 15 is 0 Å². The molecule has 7 nitrogen and oxygen atoms in total. The van der Waals surface area contributed by atoms with Gasteiger partial charge in [-0.25, -0.2) is 13.2 Å². The molecule has 24 heavy (non-hydrogen) atoms. The number of rotatable bonds is 7. The van der Waals surface area contributed by atoms with Gasteiger partial charge < -0.3 is 9.47 Å². The van der Waals surface area contributed by atoms with E-state index in [4.69, 9.17) is 9.47 Å². The molecule has 0 amide bonds. The fourth-order valence-corrected chi connectivity index (χ4v) is 2.40. The molecule has 1 N–H and O–H groups in total. The monoisotopic (exact) mass is 350 g/mol. The molecular formula is C16H18N2O5S. The molecule has 2 rings (SSSR count). The van der Waals surface area contributed by atoms with Crippen LogP contribution in [0.3, 0.4) is 0 Å². The van der Waals surface area contributed by atoms with Crippen molar-refractivity contribution in [1.82, 2.24) is 4.98 Å². The van der Waals surface area contributed by atoms with E-state index in [1.54, 1.807) is 18.3 Å². The Morgan fingerprint density at radius 2 is 2.08 bits per heavy atom. The Labute approximate surface area is 140 Å². The number of carbonyl (C=O) groups is 1. The van der Waals surface area contributed by atoms with Crippen molar-refractivity contribution < 1.29 is 22.7 Å². The van der Waals surface area contributed by atoms with Crippen molar-refractivity contribution in [2.45, 2.75) is 13.3 Å². The van der Waals surface area contributed by atoms with Crippen LogP contribution in [-0.4, -0.2) is 32.2 Å². The Hall–Kier alpha value is -2.61. The third-order valence-electron chi connectivity index (χ3n) is 2.81. The smallest absolute Gasteiger partial charge is 0.338 e. The van der Waals surface area contributed by atoms with Crippen LogP contribution in [0.5, 0.6) is 11.5 Å². The molecular weight excluding hydrogens is 332 g/mol. The normalized spacial score (nSPS) is 10.9. The molecule has 0 aliphatic carbocycles. The second-order valence-electron chi connectivity index (χ2n) is 5.01. The number of carbonyl (C=O) groups excluding carboxylic acids is 1. The highest BCUT2D eigenvalue weighted by Gasteiger charge is 2.15. The summed E-state index contributed by atoms with van der Waals surface area (Å²) in [5, 5.41) is 0. The Morgan fingerprint density at radius 3 is 2.71 bits per heavy atom. The van der Waals surface area contributed by atoms with Crippen LogP contribution in [0.1, 0.15) is 23.7 Å². The van der Waals surface area contributed by atoms with Gasteiger partial charge in [-0.1, -0.05) is 6.92 Å². The molecule has 0 saturated carbocycles. The Morgan fingerprint density at radius 1 is 1.29 bits per heavy atom. The summed E-state index contributed by atoms with van der Waals surface area (Å²) < 4.78 is 36.2. The number of sulfonamides is 1. The van der Waals surface area contributed by atoms with Crippen molar-refractivity contribution in [3.63, 3.8) is 0 Å². The number of anilines is 1. The SMILES string of the molecule is CCCOC(=O)c1ccc(Oc2cccnc2)c(NS(C)(=O)=O)c1. The van der Waals surface area contributed by atoms with Gasteiger partial charge in [-0.3, -0.25) is 9.71 Å². The molecule has 0 fully saturated rings. The maximum atomic E-state index is 11.9. The number of ether oxygens (including phenoxy) is 2. The number of nitrogens with zero attached hydrogens (tertiary/aromatic N) is 1. The van der Waals surface area contributed by atoms with E-state index in [1.807, 2.05) is 6.92 Å². The number of hydrogen-bond donors (Lipinski definition) is 1. The Balaban J connectivity index is 2.33. The van der Waals surface area contributed by atoms with Crippen LogP contribution < -0.4 is 9.46 Å². The zero-order valence-corrected chi connectivity index (χ0v) is 14.2. The largest absolute Gasteiger partial charge is 0.462 e. The predicted octanol–water partition coefficient (Wildman–Crippen LogP) is 2.81. The Bertz CT molecular complexity index is 806. The van der Waals surface area contributed by atoms with Crippen LogP contribution in [0.4, 0.5) is 5.69 Å². The van der Waals surface area contributed by atoms with Gasteiger partial charge in [0.15, 0.2) is 5.75 Å². The Kier molecular flexibility index (Phi) is 5.75. The third kappa shape index (κ3) is 5.24. The van der Waals surface area contributed by atoms with E-state index in [9.17, 15) is 13.2 Å². The third-order valence-corrected chi connectivity index (χ3v) is 3.40. The number of hydrogen-bond acceptors (Lipinski definition) is 6. The molecule has 0 aliphatic rings. The van der Waals surface area contributed by atoms with Crippen molar-refractivity contribution in [3.8, 4) is 11.5 Å². The molecule has 0 radical (unpaired) electrons. The molecule has 0 bridgehead atoms. The summed E-state index contributed by atoms with van der Waals surface area (Å²) in [7, 11) is -3.55. The van der Waals surface area contributed by atoms with Gasteiger partial charge in [-0.05, 0) is 36.8 Å². The highest BCUT2D eigenvalue weighted by molar-refractivity contribution is 7.92. The van der Waals surface area contributed by atoms with Crippen molar-refractivity contribution in [1.29, 1.82) is 0 Å². The maximum absolute atomic E-state index is 11.9. The van der Waals surface area contributed by atoms with Gasteiger partial charge in [-0.15, -0.1) is 0 Å². The van der Waals surface area contributed by atoms with Crippen LogP contribution in [0.15, 0.2) is 42.7 Å². The first-order valence-corrected chi connectivity index (χ1v) is 9.15. The standard InChI is InChI=1S/C16H18N2O5S/c1-3-9-22-16(19)12-6-7-15(14(10-12)18-24(2,20)21)23-13-5-4-8-17-11-13/h4-8,10-11,18H,3,9H2,1-2H3. The minimum Gasteiger partial charge on any atom is -0.462 e. The molecule has 0 spiro atoms. The van der Waals surface area contributed by atoms with E-state index in [0.717, 1.165) is 6.26 Å². The first-order valence-electron chi connectivity index (χ1n) is 7.26. The zero-order chi connectivity index (χ0) is 17.6. The lowest BCUT2D eigenvalue weighted by Gasteiger charge is -2.13. The summed E-state index contributed by atoms with van der Waals surface area (Å²) in [6.45, 7) is 2.18. The first kappa shape index (κ1) is 17.7. The minimum absolute atomic E-state index is 0.146. The zero-order valence-electron chi connectivity index (χ0n) is 13.4. The summed E-state index contributed by atoms with van der Waals surface area (Å²) in [5.74, 6) is 0.164. The molecule has 8 heteroatoms. The summed E-state index contributed by atoms with van der Waals surface area (Å²) in [4.78, 5) is 15.9. The van der Waals surface area contributed by atoms with Crippen molar-refractivity contribution in [2.24, 2.45) is 0 Å². The molecule has 1 heterocycles. The summed E-state index contributed by atoms with van der Waals surface area (Å²) in [6.07, 6.45) is 4.80. The van der Waals surface area contributed by atoms with Crippen LogP contribution in [0.2, 0.25) is 0 Å². The van der Waals surface area contributed by atoms with E-state index in [1.165, 1.54) is 24.4 Å². The number of aromatic nitrogens is 1. The van der Waals surface area contributed by atoms with Crippen molar-refractivity contribution in [3.05, 3.63) is 48.3 Å². The van der Waals surface area contributed by atoms with Gasteiger partial charge in [0.25, 0.3) is 0 Å². The van der Waals surface area contributed by atoms with E-state index < -0.39 is 16.0 Å². The van der Waals surface area contributed by atoms with Gasteiger partial charge in [0, 0.05) is 6.20 Å². The molecule has 128 valence electrons. The maximum Gasteiger partial charge on any atom is 0.338 e. The fraction of sp³-hybridized carbons (Fsp3) is 0.250. The van der Waals surface area contributed by atoms with Crippen LogP contribution in [0, 0.1) is 0 Å². The average molecular weight is 350 g/mol. The summed E-state index contributed by atoms with van der Waals surface area (Å²) >= 11 is 0. The highest BCUT2D eigenvalue weighted by Crippen LogP contribution is 2.31. The highest BCUT2D eigenvalue weighted by atomic mass is 32.2. The van der Waals surface area contributed by atoms with Crippen LogP contribution in [-0.2, 0) is 14.8 Å². The molecule has 1 aromatic carbocycles. The number of benzene rings is 1. The van der Waals surface area contributed by atoms with E-state index in [-0.39, 0.29) is 17.0 Å². The quantitative estimate of drug-likeness (QED) is 0.772. The topological polar surface area (TPSA) is 94.6 Å². The fourth-order valence-electron chi connectivity index (χ4n) is 1.84. The molecule has 0 saturated heterocycles. The lowest BCUT2D eigenvalue weighted by molar-refractivity contribution is 0.0505.